The topological polar surface area (TPSA) is 40.6 Å². The molecule has 1 heterocycles. The summed E-state index contributed by atoms with van der Waals surface area (Å²) in [4.78, 5) is 2.18. The second kappa shape index (κ2) is 5.99. The fourth-order valence-electron chi connectivity index (χ4n) is 2.24. The Morgan fingerprint density at radius 3 is 2.42 bits per heavy atom. The van der Waals surface area contributed by atoms with Gasteiger partial charge < -0.3 is 4.90 Å². The van der Waals surface area contributed by atoms with Gasteiger partial charge in [0.15, 0.2) is 0 Å². The van der Waals surface area contributed by atoms with E-state index in [-0.39, 0.29) is 0 Å². The van der Waals surface area contributed by atoms with Crippen molar-refractivity contribution in [1.82, 2.24) is 4.31 Å². The van der Waals surface area contributed by atoms with E-state index in [1.807, 2.05) is 18.2 Å². The largest absolute Gasteiger partial charge is 0.369 e. The Morgan fingerprint density at radius 2 is 1.89 bits per heavy atom. The van der Waals surface area contributed by atoms with Crippen molar-refractivity contribution in [3.63, 3.8) is 0 Å². The van der Waals surface area contributed by atoms with Gasteiger partial charge in [-0.1, -0.05) is 33.6 Å². The molecule has 0 aliphatic carbocycles. The average molecular weight is 368 g/mol. The van der Waals surface area contributed by atoms with Crippen LogP contribution in [-0.4, -0.2) is 45.2 Å². The van der Waals surface area contributed by atoms with Gasteiger partial charge in [0, 0.05) is 47.8 Å². The Labute approximate surface area is 127 Å². The van der Waals surface area contributed by atoms with E-state index in [1.54, 1.807) is 0 Å². The fraction of sp³-hybridized carbons (Fsp3) is 0.500. The number of rotatable bonds is 3. The van der Waals surface area contributed by atoms with E-state index in [2.05, 4.69) is 20.8 Å². The highest BCUT2D eigenvalue weighted by atomic mass is 79.9. The molecule has 4 nitrogen and oxygen atoms in total. The summed E-state index contributed by atoms with van der Waals surface area (Å²) in [5.41, 5.74) is 2.13. The summed E-state index contributed by atoms with van der Waals surface area (Å²) in [6.45, 7) is 2.42. The summed E-state index contributed by atoms with van der Waals surface area (Å²) in [5.74, 6) is 0. The summed E-state index contributed by atoms with van der Waals surface area (Å²) >= 11 is 9.64. The molecule has 19 heavy (non-hydrogen) atoms. The number of sulfonamides is 1. The first-order chi connectivity index (χ1) is 8.93. The lowest BCUT2D eigenvalue weighted by atomic mass is 10.1. The van der Waals surface area contributed by atoms with Crippen LogP contribution in [0.15, 0.2) is 18.2 Å². The number of hydrogen-bond donors (Lipinski definition) is 0. The third kappa shape index (κ3) is 3.42. The van der Waals surface area contributed by atoms with Gasteiger partial charge in [0.2, 0.25) is 10.0 Å². The SMILES string of the molecule is CS(=O)(=O)N1CCN(c2cccc(Cl)c2CBr)CC1. The van der Waals surface area contributed by atoms with Crippen molar-refractivity contribution in [2.45, 2.75) is 5.33 Å². The normalized spacial score (nSPS) is 17.7. The molecule has 0 radical (unpaired) electrons. The van der Waals surface area contributed by atoms with Crippen LogP contribution < -0.4 is 4.90 Å². The van der Waals surface area contributed by atoms with Crippen molar-refractivity contribution in [2.75, 3.05) is 37.3 Å². The molecule has 1 fully saturated rings. The molecule has 2 rings (SSSR count). The van der Waals surface area contributed by atoms with E-state index in [9.17, 15) is 8.42 Å². The van der Waals surface area contributed by atoms with Gasteiger partial charge in [-0.15, -0.1) is 0 Å². The lowest BCUT2D eigenvalue weighted by Gasteiger charge is -2.35. The lowest BCUT2D eigenvalue weighted by molar-refractivity contribution is 0.388. The zero-order valence-corrected chi connectivity index (χ0v) is 13.8. The Kier molecular flexibility index (Phi) is 4.76. The van der Waals surface area contributed by atoms with Gasteiger partial charge in [-0.05, 0) is 12.1 Å². The van der Waals surface area contributed by atoms with Gasteiger partial charge in [-0.3, -0.25) is 0 Å². The molecule has 0 atom stereocenters. The molecular weight excluding hydrogens is 352 g/mol. The van der Waals surface area contributed by atoms with Crippen molar-refractivity contribution in [2.24, 2.45) is 0 Å². The number of halogens is 2. The molecule has 0 spiro atoms. The molecule has 1 aliphatic rings. The van der Waals surface area contributed by atoms with E-state index in [0.29, 0.717) is 31.5 Å². The van der Waals surface area contributed by atoms with E-state index in [1.165, 1.54) is 10.6 Å². The molecule has 0 N–H and O–H groups in total. The highest BCUT2D eigenvalue weighted by molar-refractivity contribution is 9.08. The van der Waals surface area contributed by atoms with E-state index in [4.69, 9.17) is 11.6 Å². The molecule has 0 aromatic heterocycles. The summed E-state index contributed by atoms with van der Waals surface area (Å²) in [6.07, 6.45) is 1.26. The predicted octanol–water partition coefficient (Wildman–Crippen LogP) is 2.32. The zero-order chi connectivity index (χ0) is 14.0. The number of benzene rings is 1. The maximum Gasteiger partial charge on any atom is 0.211 e. The number of anilines is 1. The number of piperazine rings is 1. The van der Waals surface area contributed by atoms with Crippen LogP contribution in [-0.2, 0) is 15.4 Å². The quantitative estimate of drug-likeness (QED) is 0.770. The van der Waals surface area contributed by atoms with E-state index >= 15 is 0 Å². The first-order valence-corrected chi connectivity index (χ1v) is 9.31. The fourth-order valence-corrected chi connectivity index (χ4v) is 4.05. The van der Waals surface area contributed by atoms with Gasteiger partial charge in [-0.25, -0.2) is 8.42 Å². The number of hydrogen-bond acceptors (Lipinski definition) is 3. The predicted molar refractivity (Wildman–Crippen MR) is 82.7 cm³/mol. The summed E-state index contributed by atoms with van der Waals surface area (Å²) in [5, 5.41) is 1.42. The molecular formula is C12H16BrClN2O2S. The summed E-state index contributed by atoms with van der Waals surface area (Å²) in [6, 6.07) is 5.82. The Hall–Kier alpha value is -0.300. The number of alkyl halides is 1. The molecule has 106 valence electrons. The van der Waals surface area contributed by atoms with E-state index in [0.717, 1.165) is 16.3 Å². The minimum atomic E-state index is -3.08. The van der Waals surface area contributed by atoms with Crippen molar-refractivity contribution in [3.05, 3.63) is 28.8 Å². The molecule has 7 heteroatoms. The third-order valence-electron chi connectivity index (χ3n) is 3.28. The van der Waals surface area contributed by atoms with Gasteiger partial charge in [-0.2, -0.15) is 4.31 Å². The van der Waals surface area contributed by atoms with Crippen LogP contribution in [0.3, 0.4) is 0 Å². The van der Waals surface area contributed by atoms with Gasteiger partial charge >= 0.3 is 0 Å². The minimum Gasteiger partial charge on any atom is -0.369 e. The van der Waals surface area contributed by atoms with Crippen LogP contribution in [0, 0.1) is 0 Å². The van der Waals surface area contributed by atoms with Gasteiger partial charge in [0.25, 0.3) is 0 Å². The summed E-state index contributed by atoms with van der Waals surface area (Å²) in [7, 11) is -3.08. The average Bonchev–Trinajstić information content (AvgIpc) is 2.37. The van der Waals surface area contributed by atoms with Crippen molar-refractivity contribution < 1.29 is 8.42 Å². The van der Waals surface area contributed by atoms with Crippen LogP contribution in [0.25, 0.3) is 0 Å². The van der Waals surface area contributed by atoms with Crippen molar-refractivity contribution in [1.29, 1.82) is 0 Å². The van der Waals surface area contributed by atoms with Gasteiger partial charge in [0.1, 0.15) is 0 Å². The highest BCUT2D eigenvalue weighted by Gasteiger charge is 2.24. The molecule has 0 amide bonds. The second-order valence-electron chi connectivity index (χ2n) is 4.52. The molecule has 1 aromatic rings. The molecule has 0 unspecified atom stereocenters. The Bertz CT molecular complexity index is 557. The molecule has 0 saturated carbocycles. The number of nitrogens with zero attached hydrogens (tertiary/aromatic N) is 2. The Morgan fingerprint density at radius 1 is 1.26 bits per heavy atom. The molecule has 1 saturated heterocycles. The van der Waals surface area contributed by atoms with Crippen LogP contribution in [0.1, 0.15) is 5.56 Å². The summed E-state index contributed by atoms with van der Waals surface area (Å²) < 4.78 is 24.5. The molecule has 1 aromatic carbocycles. The maximum absolute atomic E-state index is 11.5. The second-order valence-corrected chi connectivity index (χ2v) is 7.47. The van der Waals surface area contributed by atoms with Crippen LogP contribution in [0.4, 0.5) is 5.69 Å². The van der Waals surface area contributed by atoms with E-state index < -0.39 is 10.0 Å². The van der Waals surface area contributed by atoms with Gasteiger partial charge in [0.05, 0.1) is 6.26 Å². The van der Waals surface area contributed by atoms with Crippen molar-refractivity contribution >= 4 is 43.2 Å². The molecule has 1 aliphatic heterocycles. The van der Waals surface area contributed by atoms with Crippen LogP contribution in [0.2, 0.25) is 5.02 Å². The lowest BCUT2D eigenvalue weighted by Crippen LogP contribution is -2.48. The Balaban J connectivity index is 2.16. The highest BCUT2D eigenvalue weighted by Crippen LogP contribution is 2.30. The monoisotopic (exact) mass is 366 g/mol. The van der Waals surface area contributed by atoms with Crippen LogP contribution >= 0.6 is 27.5 Å². The van der Waals surface area contributed by atoms with Crippen molar-refractivity contribution in [3.8, 4) is 0 Å². The standard InChI is InChI=1S/C12H16BrClN2O2S/c1-19(17,18)16-7-5-15(6-8-16)12-4-2-3-11(14)10(12)9-13/h2-4H,5-9H2,1H3. The zero-order valence-electron chi connectivity index (χ0n) is 10.6. The first kappa shape index (κ1) is 15.1. The minimum absolute atomic E-state index is 0.521. The maximum atomic E-state index is 11.5. The third-order valence-corrected chi connectivity index (χ3v) is 5.49. The van der Waals surface area contributed by atoms with Crippen LogP contribution in [0.5, 0.6) is 0 Å². The first-order valence-electron chi connectivity index (χ1n) is 5.97. The smallest absolute Gasteiger partial charge is 0.211 e. The molecule has 0 bridgehead atoms.